The summed E-state index contributed by atoms with van der Waals surface area (Å²) in [5.41, 5.74) is 1.33. The van der Waals surface area contributed by atoms with Crippen LogP contribution in [0.3, 0.4) is 0 Å². The highest BCUT2D eigenvalue weighted by Crippen LogP contribution is 2.09. The second-order valence-corrected chi connectivity index (χ2v) is 12.2. The normalized spacial score (nSPS) is 11.7. The van der Waals surface area contributed by atoms with Crippen LogP contribution in [0.25, 0.3) is 0 Å². The van der Waals surface area contributed by atoms with E-state index < -0.39 is 38.0 Å². The smallest absolute Gasteiger partial charge is 0.352 e. The van der Waals surface area contributed by atoms with Crippen molar-refractivity contribution in [3.05, 3.63) is 83.1 Å². The lowest BCUT2D eigenvalue weighted by molar-refractivity contribution is -0.140. The first-order valence-electron chi connectivity index (χ1n) is 11.9. The number of aliphatic hydroxyl groups is 1. The van der Waals surface area contributed by atoms with E-state index in [-0.39, 0.29) is 29.7 Å². The van der Waals surface area contributed by atoms with Crippen molar-refractivity contribution in [1.82, 2.24) is 9.44 Å². The average Bonchev–Trinajstić information content (AvgIpc) is 2.82. The molecule has 0 aliphatic rings. The van der Waals surface area contributed by atoms with Crippen LogP contribution in [0.2, 0.25) is 0 Å². The maximum atomic E-state index is 11.8. The third-order valence-electron chi connectivity index (χ3n) is 4.61. The van der Waals surface area contributed by atoms with Crippen LogP contribution in [0, 0.1) is 5.92 Å². The molecule has 0 aromatic heterocycles. The minimum absolute atomic E-state index is 0.218. The Kier molecular flexibility index (Phi) is 15.9. The van der Waals surface area contributed by atoms with Crippen LogP contribution in [0.5, 0.6) is 0 Å². The van der Waals surface area contributed by atoms with Crippen LogP contribution in [-0.4, -0.2) is 56.7 Å². The molecule has 2 aromatic rings. The van der Waals surface area contributed by atoms with Crippen LogP contribution in [0.15, 0.2) is 71.9 Å². The highest BCUT2D eigenvalue weighted by atomic mass is 32.2. The molecule has 2 rings (SSSR count). The van der Waals surface area contributed by atoms with Gasteiger partial charge in [-0.3, -0.25) is 9.52 Å². The van der Waals surface area contributed by atoms with Crippen molar-refractivity contribution in [2.45, 2.75) is 52.2 Å². The van der Waals surface area contributed by atoms with E-state index in [9.17, 15) is 26.4 Å². The number of rotatable bonds is 11. The second kappa shape index (κ2) is 17.4. The number of carboxylic acids is 2. The monoisotopic (exact) mass is 586 g/mol. The van der Waals surface area contributed by atoms with Crippen molar-refractivity contribution in [2.75, 3.05) is 6.61 Å². The maximum absolute atomic E-state index is 11.8. The predicted octanol–water partition coefficient (Wildman–Crippen LogP) is 2.70. The molecule has 0 radical (unpaired) electrons. The van der Waals surface area contributed by atoms with Crippen molar-refractivity contribution >= 4 is 32.0 Å². The van der Waals surface area contributed by atoms with Gasteiger partial charge >= 0.3 is 11.9 Å². The van der Waals surface area contributed by atoms with Crippen molar-refractivity contribution in [3.8, 4) is 0 Å². The highest BCUT2D eigenvalue weighted by molar-refractivity contribution is 7.89. The summed E-state index contributed by atoms with van der Waals surface area (Å²) in [7, 11) is -7.37. The molecule has 0 amide bonds. The molecule has 0 heterocycles. The molecule has 0 saturated heterocycles. The van der Waals surface area contributed by atoms with Crippen molar-refractivity contribution < 1.29 is 41.7 Å². The zero-order valence-electron chi connectivity index (χ0n) is 22.7. The number of nitrogens with one attached hydrogen (secondary N) is 2. The van der Waals surface area contributed by atoms with Gasteiger partial charge in [0.1, 0.15) is 11.7 Å². The molecule has 2 aromatic carbocycles. The molecule has 1 atom stereocenters. The fourth-order valence-corrected chi connectivity index (χ4v) is 5.63. The van der Waals surface area contributed by atoms with Gasteiger partial charge in [0.2, 0.25) is 20.0 Å². The largest absolute Gasteiger partial charge is 0.480 e. The van der Waals surface area contributed by atoms with Crippen LogP contribution < -0.4 is 9.44 Å². The number of aliphatic carboxylic acids is 2. The molecule has 0 bridgehead atoms. The summed E-state index contributed by atoms with van der Waals surface area (Å²) in [5.74, 6) is -3.23. The molecule has 218 valence electrons. The number of sulfonamides is 2. The van der Waals surface area contributed by atoms with Gasteiger partial charge in [-0.15, -0.1) is 0 Å². The molecule has 5 N–H and O–H groups in total. The number of hydrogen-bond donors (Lipinski definition) is 5. The van der Waals surface area contributed by atoms with Gasteiger partial charge < -0.3 is 15.3 Å². The van der Waals surface area contributed by atoms with Crippen molar-refractivity contribution in [1.29, 1.82) is 0 Å². The van der Waals surface area contributed by atoms with E-state index in [2.05, 4.69) is 9.44 Å². The Bertz CT molecular complexity index is 1270. The minimum atomic E-state index is -3.71. The Labute approximate surface area is 230 Å². The van der Waals surface area contributed by atoms with Gasteiger partial charge in [0, 0.05) is 6.61 Å². The minimum Gasteiger partial charge on any atom is -0.480 e. The van der Waals surface area contributed by atoms with Gasteiger partial charge in [-0.25, -0.2) is 26.4 Å². The van der Waals surface area contributed by atoms with E-state index in [4.69, 9.17) is 15.3 Å². The second-order valence-electron chi connectivity index (χ2n) is 8.77. The zero-order valence-corrected chi connectivity index (χ0v) is 24.3. The van der Waals surface area contributed by atoms with Gasteiger partial charge in [0.25, 0.3) is 0 Å². The number of hydrogen-bond acceptors (Lipinski definition) is 7. The Hall–Kier alpha value is -3.26. The molecular weight excluding hydrogens is 548 g/mol. The predicted molar refractivity (Wildman–Crippen MR) is 149 cm³/mol. The lowest BCUT2D eigenvalue weighted by Crippen LogP contribution is -2.44. The summed E-state index contributed by atoms with van der Waals surface area (Å²) in [6.07, 6.45) is 0. The van der Waals surface area contributed by atoms with Crippen LogP contribution in [0.4, 0.5) is 0 Å². The molecule has 39 heavy (non-hydrogen) atoms. The molecule has 0 fully saturated rings. The molecule has 13 heteroatoms. The number of benzene rings is 2. The molecule has 11 nitrogen and oxygen atoms in total. The average molecular weight is 587 g/mol. The Balaban J connectivity index is 0.000000673. The van der Waals surface area contributed by atoms with E-state index in [1.165, 1.54) is 13.8 Å². The molecule has 0 saturated carbocycles. The topological polar surface area (TPSA) is 187 Å². The molecule has 0 spiro atoms. The number of carbonyl (C=O) groups is 2. The summed E-state index contributed by atoms with van der Waals surface area (Å²) in [6, 6.07) is 16.1. The van der Waals surface area contributed by atoms with Gasteiger partial charge in [-0.05, 0) is 43.4 Å². The molecule has 0 aliphatic carbocycles. The number of allylic oxidation sites excluding steroid dienone is 1. The Morgan fingerprint density at radius 2 is 1.18 bits per heavy atom. The Morgan fingerprint density at radius 3 is 1.49 bits per heavy atom. The first-order chi connectivity index (χ1) is 18.0. The van der Waals surface area contributed by atoms with Gasteiger partial charge in [0.05, 0.1) is 11.5 Å². The number of aliphatic hydroxyl groups excluding tert-OH is 1. The van der Waals surface area contributed by atoms with E-state index >= 15 is 0 Å². The summed E-state index contributed by atoms with van der Waals surface area (Å²) in [4.78, 5) is 21.8. The fourth-order valence-electron chi connectivity index (χ4n) is 2.85. The first-order valence-corrected chi connectivity index (χ1v) is 15.2. The van der Waals surface area contributed by atoms with Crippen LogP contribution in [0.1, 0.15) is 45.7 Å². The van der Waals surface area contributed by atoms with Gasteiger partial charge in [-0.1, -0.05) is 74.5 Å². The standard InChI is InChI=1S/C12H17NO4S.C12H15NO4S.C2H6O/c2*1-9(2)11(12(14)15)13-18(16,17)8-10-6-4-3-5-7-10;1-2-3/h3-7,9,11,13H,8H2,1-2H3,(H,14,15);3-7,13H,8H2,1-2H3,(H,14,15);3H,2H2,1H3/t11-;;/m1../s1. The van der Waals surface area contributed by atoms with Crippen LogP contribution in [-0.2, 0) is 41.1 Å². The summed E-state index contributed by atoms with van der Waals surface area (Å²) in [5, 5.41) is 25.4. The fraction of sp³-hybridized carbons (Fsp3) is 0.385. The number of carboxylic acid groups (broad SMARTS) is 2. The lowest BCUT2D eigenvalue weighted by Gasteiger charge is -2.17. The van der Waals surface area contributed by atoms with E-state index in [1.54, 1.807) is 81.4 Å². The van der Waals surface area contributed by atoms with E-state index in [0.29, 0.717) is 16.7 Å². The third kappa shape index (κ3) is 15.7. The van der Waals surface area contributed by atoms with Gasteiger partial charge in [-0.2, -0.15) is 0 Å². The van der Waals surface area contributed by atoms with E-state index in [0.717, 1.165) is 0 Å². The highest BCUT2D eigenvalue weighted by Gasteiger charge is 2.26. The van der Waals surface area contributed by atoms with Crippen LogP contribution >= 0.6 is 0 Å². The molecule has 0 aliphatic heterocycles. The zero-order chi connectivity index (χ0) is 30.2. The summed E-state index contributed by atoms with van der Waals surface area (Å²) < 4.78 is 51.6. The maximum Gasteiger partial charge on any atom is 0.352 e. The quantitative estimate of drug-likeness (QED) is 0.247. The first kappa shape index (κ1) is 35.7. The SMILES string of the molecule is CC(C)=C(NS(=O)(=O)Cc1ccccc1)C(=O)O.CC(C)[C@@H](NS(=O)(=O)Cc1ccccc1)C(=O)O.CCO. The third-order valence-corrected chi connectivity index (χ3v) is 7.16. The van der Waals surface area contributed by atoms with E-state index in [1.807, 2.05) is 0 Å². The lowest BCUT2D eigenvalue weighted by atomic mass is 10.1. The molecule has 0 unspecified atom stereocenters. The Morgan fingerprint density at radius 1 is 0.795 bits per heavy atom. The van der Waals surface area contributed by atoms with Crippen molar-refractivity contribution in [2.24, 2.45) is 5.92 Å². The molecular formula is C26H38N2O9S2. The van der Waals surface area contributed by atoms with Gasteiger partial charge in [0.15, 0.2) is 0 Å². The summed E-state index contributed by atoms with van der Waals surface area (Å²) in [6.45, 7) is 8.32. The van der Waals surface area contributed by atoms with Crippen molar-refractivity contribution in [3.63, 3.8) is 0 Å². The summed E-state index contributed by atoms with van der Waals surface area (Å²) >= 11 is 0.